The van der Waals surface area contributed by atoms with Gasteiger partial charge in [-0.25, -0.2) is 4.99 Å². The topological polar surface area (TPSA) is 64.1 Å². The summed E-state index contributed by atoms with van der Waals surface area (Å²) in [5.74, 6) is 1.78. The molecule has 1 fully saturated rings. The minimum Gasteiger partial charge on any atom is -0.493 e. The van der Waals surface area contributed by atoms with Gasteiger partial charge in [0.1, 0.15) is 5.75 Å². The molecular formula is C23H39N3O3. The number of nitrogens with one attached hydrogen (secondary N) is 2. The molecule has 1 aromatic carbocycles. The number of benzene rings is 1. The van der Waals surface area contributed by atoms with Crippen molar-refractivity contribution in [1.29, 1.82) is 0 Å². The lowest BCUT2D eigenvalue weighted by molar-refractivity contribution is 0.128. The molecule has 6 heteroatoms. The van der Waals surface area contributed by atoms with Crippen molar-refractivity contribution in [2.24, 2.45) is 10.4 Å². The summed E-state index contributed by atoms with van der Waals surface area (Å²) >= 11 is 0. The van der Waals surface area contributed by atoms with Crippen LogP contribution in [0.5, 0.6) is 5.75 Å². The standard InChI is InChI=1S/C23H39N3O3/c1-5-24-22(26-18-23(10-11-23)12-15-28-6-2)25-17-20-9-8-19(3)16-21(20)29-14-7-13-27-4/h8-9,16H,5-7,10-15,17-18H2,1-4H3,(H2,24,25,26). The summed E-state index contributed by atoms with van der Waals surface area (Å²) in [6.07, 6.45) is 4.53. The monoisotopic (exact) mass is 405 g/mol. The fourth-order valence-electron chi connectivity index (χ4n) is 3.21. The Balaban J connectivity index is 1.93. The number of rotatable bonds is 14. The maximum Gasteiger partial charge on any atom is 0.191 e. The molecule has 0 aliphatic heterocycles. The molecule has 0 unspecified atom stereocenters. The number of aryl methyl sites for hydroxylation is 1. The van der Waals surface area contributed by atoms with Gasteiger partial charge in [-0.15, -0.1) is 0 Å². The zero-order valence-electron chi connectivity index (χ0n) is 18.7. The van der Waals surface area contributed by atoms with Gasteiger partial charge in [0.25, 0.3) is 0 Å². The summed E-state index contributed by atoms with van der Waals surface area (Å²) in [4.78, 5) is 4.80. The highest BCUT2D eigenvalue weighted by Crippen LogP contribution is 2.48. The van der Waals surface area contributed by atoms with Gasteiger partial charge >= 0.3 is 0 Å². The van der Waals surface area contributed by atoms with E-state index in [4.69, 9.17) is 19.2 Å². The van der Waals surface area contributed by atoms with E-state index in [0.717, 1.165) is 56.4 Å². The van der Waals surface area contributed by atoms with Crippen LogP contribution in [0.3, 0.4) is 0 Å². The number of nitrogens with zero attached hydrogens (tertiary/aromatic N) is 1. The Hall–Kier alpha value is -1.79. The van der Waals surface area contributed by atoms with Crippen LogP contribution >= 0.6 is 0 Å². The third kappa shape index (κ3) is 8.62. The number of hydrogen-bond acceptors (Lipinski definition) is 4. The van der Waals surface area contributed by atoms with E-state index < -0.39 is 0 Å². The van der Waals surface area contributed by atoms with Gasteiger partial charge in [0.15, 0.2) is 5.96 Å². The van der Waals surface area contributed by atoms with Crippen molar-refractivity contribution in [2.75, 3.05) is 46.6 Å². The van der Waals surface area contributed by atoms with E-state index >= 15 is 0 Å². The summed E-state index contributed by atoms with van der Waals surface area (Å²) in [6, 6.07) is 6.31. The molecule has 164 valence electrons. The van der Waals surface area contributed by atoms with Gasteiger partial charge in [0.05, 0.1) is 13.2 Å². The normalized spacial score (nSPS) is 15.2. The molecule has 0 spiro atoms. The second kappa shape index (κ2) is 12.7. The number of hydrogen-bond donors (Lipinski definition) is 2. The highest BCUT2D eigenvalue weighted by atomic mass is 16.5. The van der Waals surface area contributed by atoms with Gasteiger partial charge in [-0.1, -0.05) is 12.1 Å². The first-order chi connectivity index (χ1) is 14.1. The molecule has 0 bridgehead atoms. The first-order valence-corrected chi connectivity index (χ1v) is 10.9. The van der Waals surface area contributed by atoms with Crippen LogP contribution < -0.4 is 15.4 Å². The molecule has 29 heavy (non-hydrogen) atoms. The maximum absolute atomic E-state index is 5.99. The lowest BCUT2D eigenvalue weighted by Crippen LogP contribution is -2.40. The zero-order chi connectivity index (χ0) is 21.0. The van der Waals surface area contributed by atoms with Gasteiger partial charge < -0.3 is 24.8 Å². The van der Waals surface area contributed by atoms with Crippen molar-refractivity contribution in [3.8, 4) is 5.75 Å². The van der Waals surface area contributed by atoms with E-state index in [1.807, 2.05) is 6.92 Å². The smallest absolute Gasteiger partial charge is 0.191 e. The van der Waals surface area contributed by atoms with Crippen molar-refractivity contribution < 1.29 is 14.2 Å². The second-order valence-corrected chi connectivity index (χ2v) is 7.80. The average Bonchev–Trinajstić information content (AvgIpc) is 3.49. The lowest BCUT2D eigenvalue weighted by atomic mass is 10.0. The maximum atomic E-state index is 5.99. The van der Waals surface area contributed by atoms with Crippen LogP contribution in [-0.4, -0.2) is 52.6 Å². The minimum atomic E-state index is 0.380. The predicted octanol–water partition coefficient (Wildman–Crippen LogP) is 3.67. The Labute approximate surface area is 176 Å². The molecule has 0 saturated heterocycles. The van der Waals surface area contributed by atoms with Crippen LogP contribution in [0.15, 0.2) is 23.2 Å². The van der Waals surface area contributed by atoms with Crippen LogP contribution in [0.4, 0.5) is 0 Å². The number of guanidine groups is 1. The van der Waals surface area contributed by atoms with Crippen molar-refractivity contribution in [3.05, 3.63) is 29.3 Å². The highest BCUT2D eigenvalue weighted by molar-refractivity contribution is 5.79. The zero-order valence-corrected chi connectivity index (χ0v) is 18.7. The molecule has 1 aromatic rings. The Kier molecular flexibility index (Phi) is 10.3. The fraction of sp³-hybridized carbons (Fsp3) is 0.696. The van der Waals surface area contributed by atoms with Crippen LogP contribution in [0, 0.1) is 12.3 Å². The first-order valence-electron chi connectivity index (χ1n) is 10.9. The van der Waals surface area contributed by atoms with E-state index in [0.29, 0.717) is 25.2 Å². The second-order valence-electron chi connectivity index (χ2n) is 7.80. The Bertz CT molecular complexity index is 630. The fourth-order valence-corrected chi connectivity index (χ4v) is 3.21. The predicted molar refractivity (Wildman–Crippen MR) is 119 cm³/mol. The molecule has 1 aliphatic rings. The van der Waals surface area contributed by atoms with Crippen LogP contribution in [0.1, 0.15) is 50.7 Å². The van der Waals surface area contributed by atoms with E-state index in [-0.39, 0.29) is 0 Å². The summed E-state index contributed by atoms with van der Waals surface area (Å²) in [5, 5.41) is 6.90. The molecule has 0 aromatic heterocycles. The molecule has 0 heterocycles. The molecular weight excluding hydrogens is 366 g/mol. The van der Waals surface area contributed by atoms with Crippen molar-refractivity contribution >= 4 is 5.96 Å². The van der Waals surface area contributed by atoms with Gasteiger partial charge in [0, 0.05) is 52.0 Å². The number of methoxy groups -OCH3 is 1. The highest BCUT2D eigenvalue weighted by Gasteiger charge is 2.41. The van der Waals surface area contributed by atoms with Crippen LogP contribution in [-0.2, 0) is 16.0 Å². The van der Waals surface area contributed by atoms with Crippen molar-refractivity contribution in [2.45, 2.75) is 53.0 Å². The number of aliphatic imine (C=N–C) groups is 1. The first kappa shape index (κ1) is 23.5. The molecule has 6 nitrogen and oxygen atoms in total. The summed E-state index contributed by atoms with van der Waals surface area (Å²) in [5.41, 5.74) is 2.67. The van der Waals surface area contributed by atoms with Gasteiger partial charge in [0.2, 0.25) is 0 Å². The number of ether oxygens (including phenoxy) is 3. The third-order valence-electron chi connectivity index (χ3n) is 5.29. The molecule has 0 atom stereocenters. The van der Waals surface area contributed by atoms with Gasteiger partial charge in [-0.2, -0.15) is 0 Å². The van der Waals surface area contributed by atoms with E-state index in [9.17, 15) is 0 Å². The minimum absolute atomic E-state index is 0.380. The molecule has 1 saturated carbocycles. The Morgan fingerprint density at radius 3 is 2.66 bits per heavy atom. The van der Waals surface area contributed by atoms with E-state index in [1.165, 1.54) is 18.4 Å². The van der Waals surface area contributed by atoms with Crippen molar-refractivity contribution in [1.82, 2.24) is 10.6 Å². The summed E-state index contributed by atoms with van der Waals surface area (Å²) in [6.45, 7) is 11.6. The largest absolute Gasteiger partial charge is 0.493 e. The molecule has 0 radical (unpaired) electrons. The van der Waals surface area contributed by atoms with Crippen molar-refractivity contribution in [3.63, 3.8) is 0 Å². The summed E-state index contributed by atoms with van der Waals surface area (Å²) < 4.78 is 16.6. The Morgan fingerprint density at radius 2 is 1.97 bits per heavy atom. The van der Waals surface area contributed by atoms with Crippen LogP contribution in [0.25, 0.3) is 0 Å². The SMILES string of the molecule is CCNC(=NCc1ccc(C)cc1OCCCOC)NCC1(CCOCC)CC1. The van der Waals surface area contributed by atoms with Crippen LogP contribution in [0.2, 0.25) is 0 Å². The molecule has 0 amide bonds. The van der Waals surface area contributed by atoms with E-state index in [2.05, 4.69) is 42.7 Å². The molecule has 2 N–H and O–H groups in total. The Morgan fingerprint density at radius 1 is 1.14 bits per heavy atom. The summed E-state index contributed by atoms with van der Waals surface area (Å²) in [7, 11) is 1.71. The lowest BCUT2D eigenvalue weighted by Gasteiger charge is -2.18. The van der Waals surface area contributed by atoms with Gasteiger partial charge in [-0.05, 0) is 57.1 Å². The average molecular weight is 406 g/mol. The molecule has 1 aliphatic carbocycles. The van der Waals surface area contributed by atoms with E-state index in [1.54, 1.807) is 7.11 Å². The van der Waals surface area contributed by atoms with Gasteiger partial charge in [-0.3, -0.25) is 0 Å². The molecule has 2 rings (SSSR count). The quantitative estimate of drug-likeness (QED) is 0.281. The third-order valence-corrected chi connectivity index (χ3v) is 5.29.